The first kappa shape index (κ1) is 22.4. The number of para-hydroxylation sites is 1. The molecule has 32 heavy (non-hydrogen) atoms. The summed E-state index contributed by atoms with van der Waals surface area (Å²) in [6.45, 7) is 8.78. The van der Waals surface area contributed by atoms with Crippen molar-refractivity contribution < 1.29 is 13.9 Å². The van der Waals surface area contributed by atoms with Gasteiger partial charge in [0.25, 0.3) is 5.22 Å². The first-order valence-corrected chi connectivity index (χ1v) is 11.8. The molecule has 0 bridgehead atoms. The van der Waals surface area contributed by atoms with Gasteiger partial charge < -0.3 is 14.1 Å². The number of carbonyl (C=O) groups is 1. The van der Waals surface area contributed by atoms with Gasteiger partial charge in [0, 0.05) is 38.3 Å². The average Bonchev–Trinajstić information content (AvgIpc) is 3.29. The molecule has 1 aliphatic rings. The summed E-state index contributed by atoms with van der Waals surface area (Å²) in [6, 6.07) is 15.9. The van der Waals surface area contributed by atoms with Gasteiger partial charge in [-0.05, 0) is 49.2 Å². The predicted octanol–water partition coefficient (Wildman–Crippen LogP) is 3.67. The number of nitrogens with zero attached hydrogens (tertiary/aromatic N) is 4. The van der Waals surface area contributed by atoms with Crippen molar-refractivity contribution in [2.45, 2.75) is 19.1 Å². The maximum Gasteiger partial charge on any atom is 0.277 e. The van der Waals surface area contributed by atoms with Crippen LogP contribution in [0.1, 0.15) is 11.1 Å². The number of aryl methyl sites for hydroxylation is 2. The Morgan fingerprint density at radius 1 is 1.03 bits per heavy atom. The number of ether oxygens (including phenoxy) is 1. The first-order valence-electron chi connectivity index (χ1n) is 10.8. The Labute approximate surface area is 192 Å². The first-order chi connectivity index (χ1) is 15.6. The molecule has 1 saturated heterocycles. The highest BCUT2D eigenvalue weighted by molar-refractivity contribution is 7.99. The second kappa shape index (κ2) is 10.7. The van der Waals surface area contributed by atoms with Gasteiger partial charge in [0.2, 0.25) is 11.8 Å². The van der Waals surface area contributed by atoms with Crippen LogP contribution in [-0.4, -0.2) is 71.0 Å². The van der Waals surface area contributed by atoms with Gasteiger partial charge in [-0.1, -0.05) is 36.0 Å². The number of hydrogen-bond donors (Lipinski definition) is 0. The van der Waals surface area contributed by atoms with Crippen LogP contribution in [0.4, 0.5) is 0 Å². The quantitative estimate of drug-likeness (QED) is 0.483. The molecule has 7 nitrogen and oxygen atoms in total. The van der Waals surface area contributed by atoms with Gasteiger partial charge in [0.05, 0.1) is 5.75 Å². The monoisotopic (exact) mass is 452 g/mol. The van der Waals surface area contributed by atoms with E-state index in [1.54, 1.807) is 0 Å². The molecule has 0 saturated carbocycles. The van der Waals surface area contributed by atoms with Crippen LogP contribution in [0, 0.1) is 13.8 Å². The molecule has 2 aromatic carbocycles. The van der Waals surface area contributed by atoms with E-state index in [4.69, 9.17) is 9.15 Å². The lowest BCUT2D eigenvalue weighted by molar-refractivity contribution is -0.130. The second-order valence-electron chi connectivity index (χ2n) is 7.84. The van der Waals surface area contributed by atoms with E-state index in [-0.39, 0.29) is 5.91 Å². The number of carbonyl (C=O) groups excluding carboxylic acids is 1. The second-order valence-corrected chi connectivity index (χ2v) is 8.77. The van der Waals surface area contributed by atoms with E-state index < -0.39 is 0 Å². The minimum absolute atomic E-state index is 0.0983. The Bertz CT molecular complexity index is 1030. The van der Waals surface area contributed by atoms with E-state index in [0.29, 0.717) is 23.5 Å². The van der Waals surface area contributed by atoms with Gasteiger partial charge in [-0.15, -0.1) is 10.2 Å². The minimum Gasteiger partial charge on any atom is -0.492 e. The highest BCUT2D eigenvalue weighted by atomic mass is 32.2. The molecule has 4 rings (SSSR count). The van der Waals surface area contributed by atoms with Crippen molar-refractivity contribution in [2.24, 2.45) is 0 Å². The van der Waals surface area contributed by atoms with Crippen LogP contribution in [0.15, 0.2) is 58.2 Å². The van der Waals surface area contributed by atoms with E-state index in [0.717, 1.165) is 44.0 Å². The van der Waals surface area contributed by atoms with Crippen molar-refractivity contribution >= 4 is 17.7 Å². The summed E-state index contributed by atoms with van der Waals surface area (Å²) in [6.07, 6.45) is 0. The van der Waals surface area contributed by atoms with Gasteiger partial charge in [-0.25, -0.2) is 0 Å². The molecule has 3 aromatic rings. The number of piperazine rings is 1. The topological polar surface area (TPSA) is 71.7 Å². The van der Waals surface area contributed by atoms with Gasteiger partial charge in [0.1, 0.15) is 12.4 Å². The van der Waals surface area contributed by atoms with E-state index in [2.05, 4.69) is 28.9 Å². The molecule has 168 valence electrons. The number of rotatable bonds is 8. The molecule has 1 aromatic heterocycles. The standard InChI is InChI=1S/C24H28N4O3S/c1-18-8-9-20(16-19(18)2)23-25-26-24(31-23)32-17-22(29)28-12-10-27(11-13-28)14-15-30-21-6-4-3-5-7-21/h3-9,16H,10-15,17H2,1-2H3. The van der Waals surface area contributed by atoms with Crippen LogP contribution in [0.2, 0.25) is 0 Å². The molecule has 0 aliphatic carbocycles. The molecular weight excluding hydrogens is 424 g/mol. The van der Waals surface area contributed by atoms with Gasteiger partial charge in [-0.2, -0.15) is 0 Å². The van der Waals surface area contributed by atoms with Crippen molar-refractivity contribution in [2.75, 3.05) is 45.1 Å². The average molecular weight is 453 g/mol. The lowest BCUT2D eigenvalue weighted by atomic mass is 10.1. The maximum absolute atomic E-state index is 12.6. The van der Waals surface area contributed by atoms with Crippen molar-refractivity contribution in [3.63, 3.8) is 0 Å². The minimum atomic E-state index is 0.0983. The number of aromatic nitrogens is 2. The zero-order chi connectivity index (χ0) is 22.3. The zero-order valence-corrected chi connectivity index (χ0v) is 19.3. The molecule has 8 heteroatoms. The fourth-order valence-electron chi connectivity index (χ4n) is 3.50. The van der Waals surface area contributed by atoms with Gasteiger partial charge in [-0.3, -0.25) is 9.69 Å². The normalized spacial score (nSPS) is 14.5. The molecule has 0 spiro atoms. The number of hydrogen-bond acceptors (Lipinski definition) is 7. The number of benzene rings is 2. The smallest absolute Gasteiger partial charge is 0.277 e. The summed E-state index contributed by atoms with van der Waals surface area (Å²) in [5, 5.41) is 8.63. The summed E-state index contributed by atoms with van der Waals surface area (Å²) in [4.78, 5) is 16.8. The highest BCUT2D eigenvalue weighted by Crippen LogP contribution is 2.25. The lowest BCUT2D eigenvalue weighted by Gasteiger charge is -2.34. The Morgan fingerprint density at radius 3 is 2.56 bits per heavy atom. The molecule has 0 radical (unpaired) electrons. The largest absolute Gasteiger partial charge is 0.492 e. The third-order valence-corrected chi connectivity index (χ3v) is 6.43. The Balaban J connectivity index is 1.18. The SMILES string of the molecule is Cc1ccc(-c2nnc(SCC(=O)N3CCN(CCOc4ccccc4)CC3)o2)cc1C. The van der Waals surface area contributed by atoms with Crippen LogP contribution >= 0.6 is 11.8 Å². The van der Waals surface area contributed by atoms with E-state index >= 15 is 0 Å². The molecule has 1 fully saturated rings. The van der Waals surface area contributed by atoms with Crippen LogP contribution in [0.3, 0.4) is 0 Å². The molecular formula is C24H28N4O3S. The van der Waals surface area contributed by atoms with Crippen molar-refractivity contribution in [3.05, 3.63) is 59.7 Å². The van der Waals surface area contributed by atoms with Crippen molar-refractivity contribution in [1.82, 2.24) is 20.0 Å². The predicted molar refractivity (Wildman–Crippen MR) is 125 cm³/mol. The third kappa shape index (κ3) is 5.89. The molecule has 0 N–H and O–H groups in total. The molecule has 2 heterocycles. The summed E-state index contributed by atoms with van der Waals surface area (Å²) in [5.74, 6) is 1.77. The number of thioether (sulfide) groups is 1. The fraction of sp³-hybridized carbons (Fsp3) is 0.375. The fourth-order valence-corrected chi connectivity index (χ4v) is 4.17. The van der Waals surface area contributed by atoms with Crippen LogP contribution < -0.4 is 4.74 Å². The van der Waals surface area contributed by atoms with E-state index in [9.17, 15) is 4.79 Å². The van der Waals surface area contributed by atoms with Crippen molar-refractivity contribution in [3.8, 4) is 17.2 Å². The van der Waals surface area contributed by atoms with E-state index in [1.165, 1.54) is 22.9 Å². The number of amides is 1. The molecule has 0 atom stereocenters. The summed E-state index contributed by atoms with van der Waals surface area (Å²) in [7, 11) is 0. The zero-order valence-electron chi connectivity index (χ0n) is 18.5. The summed E-state index contributed by atoms with van der Waals surface area (Å²) < 4.78 is 11.5. The molecule has 0 unspecified atom stereocenters. The third-order valence-electron chi connectivity index (χ3n) is 5.62. The lowest BCUT2D eigenvalue weighted by Crippen LogP contribution is -2.50. The van der Waals surface area contributed by atoms with Crippen molar-refractivity contribution in [1.29, 1.82) is 0 Å². The Kier molecular flexibility index (Phi) is 7.44. The summed E-state index contributed by atoms with van der Waals surface area (Å²) in [5.41, 5.74) is 3.29. The van der Waals surface area contributed by atoms with Crippen LogP contribution in [0.25, 0.3) is 11.5 Å². The Morgan fingerprint density at radius 2 is 1.81 bits per heavy atom. The van der Waals surface area contributed by atoms with Crippen LogP contribution in [-0.2, 0) is 4.79 Å². The highest BCUT2D eigenvalue weighted by Gasteiger charge is 2.22. The molecule has 1 aliphatic heterocycles. The van der Waals surface area contributed by atoms with E-state index in [1.807, 2.05) is 53.4 Å². The van der Waals surface area contributed by atoms with Gasteiger partial charge >= 0.3 is 0 Å². The summed E-state index contributed by atoms with van der Waals surface area (Å²) >= 11 is 1.29. The van der Waals surface area contributed by atoms with Gasteiger partial charge in [0.15, 0.2) is 0 Å². The Hall–Kier alpha value is -2.84. The molecule has 1 amide bonds. The van der Waals surface area contributed by atoms with Crippen LogP contribution in [0.5, 0.6) is 5.75 Å². The maximum atomic E-state index is 12.6.